The van der Waals surface area contributed by atoms with Crippen molar-refractivity contribution in [2.45, 2.75) is 9.96 Å². The predicted octanol–water partition coefficient (Wildman–Crippen LogP) is 5.54. The molecule has 0 unspecified atom stereocenters. The molecule has 5 nitrogen and oxygen atoms in total. The number of thiophene rings is 1. The van der Waals surface area contributed by atoms with Crippen molar-refractivity contribution in [3.63, 3.8) is 0 Å². The molecule has 2 aromatic carbocycles. The summed E-state index contributed by atoms with van der Waals surface area (Å²) in [5, 5.41) is 5.85. The summed E-state index contributed by atoms with van der Waals surface area (Å²) in [5.41, 5.74) is 1.83. The Labute approximate surface area is 200 Å². The van der Waals surface area contributed by atoms with Crippen molar-refractivity contribution in [3.05, 3.63) is 81.1 Å². The topological polar surface area (TPSA) is 66.5 Å². The second kappa shape index (κ2) is 10.7. The van der Waals surface area contributed by atoms with Crippen LogP contribution in [0.3, 0.4) is 0 Å². The fourth-order valence-electron chi connectivity index (χ4n) is 2.69. The first kappa shape index (κ1) is 23.9. The number of carbonyl (C=O) groups excluding carboxylic acids is 1. The van der Waals surface area contributed by atoms with Gasteiger partial charge in [0.1, 0.15) is 4.21 Å². The lowest BCUT2D eigenvalue weighted by molar-refractivity contribution is 0.0956. The molecule has 3 aromatic rings. The van der Waals surface area contributed by atoms with Gasteiger partial charge in [-0.1, -0.05) is 35.3 Å². The first-order valence-corrected chi connectivity index (χ1v) is 13.4. The Morgan fingerprint density at radius 2 is 1.74 bits per heavy atom. The zero-order chi connectivity index (χ0) is 22.4. The fraction of sp³-hybridized carbons (Fsp3) is 0.190. The minimum Gasteiger partial charge on any atom is -0.351 e. The number of thioether (sulfide) groups is 1. The smallest absolute Gasteiger partial charge is 0.273 e. The van der Waals surface area contributed by atoms with Crippen LogP contribution in [0.1, 0.15) is 15.9 Å². The summed E-state index contributed by atoms with van der Waals surface area (Å²) in [5.74, 6) is 1.15. The summed E-state index contributed by atoms with van der Waals surface area (Å²) in [4.78, 5) is 12.4. The summed E-state index contributed by atoms with van der Waals surface area (Å²) >= 11 is 15.1. The number of hydrogen-bond donors (Lipinski definition) is 1. The molecule has 0 aliphatic heterocycles. The van der Waals surface area contributed by atoms with E-state index in [0.717, 1.165) is 16.9 Å². The van der Waals surface area contributed by atoms with Crippen LogP contribution in [0.25, 0.3) is 0 Å². The van der Waals surface area contributed by atoms with Crippen LogP contribution >= 0.6 is 46.3 Å². The normalized spacial score (nSPS) is 11.3. The Kier molecular flexibility index (Phi) is 8.30. The number of hydrogen-bond acceptors (Lipinski definition) is 5. The third-order valence-electron chi connectivity index (χ3n) is 4.44. The molecule has 31 heavy (non-hydrogen) atoms. The summed E-state index contributed by atoms with van der Waals surface area (Å²) < 4.78 is 26.7. The monoisotopic (exact) mass is 514 g/mol. The molecular formula is C21H20Cl2N2O3S3. The Morgan fingerprint density at radius 1 is 1.06 bits per heavy atom. The van der Waals surface area contributed by atoms with Gasteiger partial charge in [0.05, 0.1) is 5.69 Å². The molecule has 0 aliphatic carbocycles. The fourth-order valence-corrected chi connectivity index (χ4v) is 6.64. The molecule has 0 aliphatic rings. The lowest BCUT2D eigenvalue weighted by Crippen LogP contribution is -2.27. The van der Waals surface area contributed by atoms with Crippen molar-refractivity contribution in [1.82, 2.24) is 5.32 Å². The summed E-state index contributed by atoms with van der Waals surface area (Å²) in [7, 11) is -2.11. The molecule has 164 valence electrons. The second-order valence-corrected chi connectivity index (χ2v) is 11.5. The quantitative estimate of drug-likeness (QED) is 0.380. The molecule has 1 amide bonds. The van der Waals surface area contributed by atoms with Crippen LogP contribution in [0.2, 0.25) is 10.0 Å². The molecule has 0 atom stereocenters. The van der Waals surface area contributed by atoms with Crippen molar-refractivity contribution < 1.29 is 13.2 Å². The standard InChI is InChI=1S/C21H20Cl2N2O3S3/c1-25(31(27,28)20-6-3-12-30-20)16-9-7-15(8-10-16)21(26)24-11-13-29-14-17-18(22)4-2-5-19(17)23/h2-10,12H,11,13-14H2,1H3,(H,24,26). The number of benzene rings is 2. The highest BCUT2D eigenvalue weighted by atomic mass is 35.5. The Bertz CT molecular complexity index is 1110. The molecule has 0 spiro atoms. The average Bonchev–Trinajstić information content (AvgIpc) is 3.30. The highest BCUT2D eigenvalue weighted by Crippen LogP contribution is 2.28. The number of carbonyl (C=O) groups is 1. The van der Waals surface area contributed by atoms with E-state index in [1.54, 1.807) is 71.7 Å². The predicted molar refractivity (Wildman–Crippen MR) is 131 cm³/mol. The Hall–Kier alpha value is -1.71. The van der Waals surface area contributed by atoms with E-state index in [9.17, 15) is 13.2 Å². The Morgan fingerprint density at radius 3 is 2.35 bits per heavy atom. The maximum absolute atomic E-state index is 12.6. The molecule has 1 aromatic heterocycles. The number of sulfonamides is 1. The van der Waals surface area contributed by atoms with Gasteiger partial charge in [-0.25, -0.2) is 8.42 Å². The van der Waals surface area contributed by atoms with Crippen molar-refractivity contribution >= 4 is 67.9 Å². The second-order valence-electron chi connectivity index (χ2n) is 6.46. The number of rotatable bonds is 9. The average molecular weight is 516 g/mol. The Balaban J connectivity index is 1.50. The maximum Gasteiger partial charge on any atom is 0.273 e. The van der Waals surface area contributed by atoms with Gasteiger partial charge in [-0.15, -0.1) is 11.3 Å². The van der Waals surface area contributed by atoms with E-state index >= 15 is 0 Å². The first-order chi connectivity index (χ1) is 14.8. The van der Waals surface area contributed by atoms with Crippen molar-refractivity contribution in [1.29, 1.82) is 0 Å². The van der Waals surface area contributed by atoms with Crippen molar-refractivity contribution in [3.8, 4) is 0 Å². The summed E-state index contributed by atoms with van der Waals surface area (Å²) in [6.07, 6.45) is 0. The SMILES string of the molecule is CN(c1ccc(C(=O)NCCSCc2c(Cl)cccc2Cl)cc1)S(=O)(=O)c1cccs1. The molecule has 0 radical (unpaired) electrons. The van der Waals surface area contributed by atoms with Crippen molar-refractivity contribution in [2.75, 3.05) is 23.7 Å². The van der Waals surface area contributed by atoms with E-state index in [4.69, 9.17) is 23.2 Å². The van der Waals surface area contributed by atoms with E-state index in [1.807, 2.05) is 0 Å². The van der Waals surface area contributed by atoms with E-state index in [2.05, 4.69) is 5.32 Å². The zero-order valence-electron chi connectivity index (χ0n) is 16.5. The zero-order valence-corrected chi connectivity index (χ0v) is 20.5. The third kappa shape index (κ3) is 5.96. The van der Waals surface area contributed by atoms with E-state index in [1.165, 1.54) is 11.4 Å². The minimum atomic E-state index is -3.60. The third-order valence-corrected chi connectivity index (χ3v) is 9.30. The maximum atomic E-state index is 12.6. The van der Waals surface area contributed by atoms with Crippen LogP contribution in [0, 0.1) is 0 Å². The minimum absolute atomic E-state index is 0.216. The first-order valence-electron chi connectivity index (χ1n) is 9.22. The summed E-state index contributed by atoms with van der Waals surface area (Å²) in [6, 6.07) is 15.1. The number of nitrogens with one attached hydrogen (secondary N) is 1. The van der Waals surface area contributed by atoms with Crippen molar-refractivity contribution in [2.24, 2.45) is 0 Å². The molecule has 0 saturated carbocycles. The lowest BCUT2D eigenvalue weighted by atomic mass is 10.2. The number of halogens is 2. The van der Waals surface area contributed by atoms with Crippen LogP contribution in [0.15, 0.2) is 64.2 Å². The van der Waals surface area contributed by atoms with E-state index in [0.29, 0.717) is 39.3 Å². The number of nitrogens with zero attached hydrogens (tertiary/aromatic N) is 1. The molecule has 0 saturated heterocycles. The van der Waals surface area contributed by atoms with Gasteiger partial charge in [-0.2, -0.15) is 11.8 Å². The van der Waals surface area contributed by atoms with Crippen LogP contribution in [-0.2, 0) is 15.8 Å². The van der Waals surface area contributed by atoms with Gasteiger partial charge in [0.2, 0.25) is 0 Å². The molecule has 1 N–H and O–H groups in total. The highest BCUT2D eigenvalue weighted by molar-refractivity contribution is 7.98. The van der Waals surface area contributed by atoms with E-state index in [-0.39, 0.29) is 10.1 Å². The molecule has 1 heterocycles. The van der Waals surface area contributed by atoms with Gasteiger partial charge >= 0.3 is 0 Å². The molecular weight excluding hydrogens is 495 g/mol. The molecule has 0 fully saturated rings. The van der Waals surface area contributed by atoms with Gasteiger partial charge in [0.15, 0.2) is 0 Å². The van der Waals surface area contributed by atoms with Gasteiger partial charge in [0.25, 0.3) is 15.9 Å². The summed E-state index contributed by atoms with van der Waals surface area (Å²) in [6.45, 7) is 0.486. The molecule has 0 bridgehead atoms. The highest BCUT2D eigenvalue weighted by Gasteiger charge is 2.22. The number of anilines is 1. The molecule has 10 heteroatoms. The largest absolute Gasteiger partial charge is 0.351 e. The van der Waals surface area contributed by atoms with E-state index < -0.39 is 10.0 Å². The lowest BCUT2D eigenvalue weighted by Gasteiger charge is -2.18. The van der Waals surface area contributed by atoms with Gasteiger partial charge in [-0.05, 0) is 53.4 Å². The molecule has 3 rings (SSSR count). The van der Waals surface area contributed by atoms with Crippen LogP contribution in [0.5, 0.6) is 0 Å². The van der Waals surface area contributed by atoms with Crippen LogP contribution < -0.4 is 9.62 Å². The van der Waals surface area contributed by atoms with Gasteiger partial charge in [-0.3, -0.25) is 9.10 Å². The van der Waals surface area contributed by atoms with Crippen LogP contribution in [0.4, 0.5) is 5.69 Å². The van der Waals surface area contributed by atoms with Crippen LogP contribution in [-0.4, -0.2) is 33.7 Å². The number of amides is 1. The van der Waals surface area contributed by atoms with Gasteiger partial charge in [0, 0.05) is 40.7 Å². The van der Waals surface area contributed by atoms with Gasteiger partial charge < -0.3 is 5.32 Å².